The second kappa shape index (κ2) is 5.46. The van der Waals surface area contributed by atoms with E-state index in [0.29, 0.717) is 18.0 Å². The van der Waals surface area contributed by atoms with Gasteiger partial charge in [-0.25, -0.2) is 0 Å². The van der Waals surface area contributed by atoms with Crippen molar-refractivity contribution in [2.24, 2.45) is 0 Å². The lowest BCUT2D eigenvalue weighted by Gasteiger charge is -2.29. The van der Waals surface area contributed by atoms with Crippen LogP contribution in [0.4, 0.5) is 6.01 Å². The van der Waals surface area contributed by atoms with Gasteiger partial charge in [-0.1, -0.05) is 5.10 Å². The number of nitrogens with zero attached hydrogens (tertiary/aromatic N) is 3. The van der Waals surface area contributed by atoms with E-state index in [-0.39, 0.29) is 6.04 Å². The highest BCUT2D eigenvalue weighted by Gasteiger charge is 2.23. The smallest absolute Gasteiger partial charge is 0.318 e. The van der Waals surface area contributed by atoms with Crippen molar-refractivity contribution in [2.45, 2.75) is 31.9 Å². The van der Waals surface area contributed by atoms with E-state index < -0.39 is 0 Å². The molecule has 1 aliphatic rings. The molecule has 96 valence electrons. The molecule has 0 radical (unpaired) electrons. The van der Waals surface area contributed by atoms with Crippen molar-refractivity contribution in [3.8, 4) is 0 Å². The second-order valence-corrected chi connectivity index (χ2v) is 4.36. The summed E-state index contributed by atoms with van der Waals surface area (Å²) in [6, 6.07) is 0.712. The Labute approximate surface area is 101 Å². The molecule has 1 unspecified atom stereocenters. The molecule has 2 heterocycles. The van der Waals surface area contributed by atoms with Gasteiger partial charge in [-0.3, -0.25) is 0 Å². The zero-order chi connectivity index (χ0) is 12.3. The van der Waals surface area contributed by atoms with Gasteiger partial charge in [0.05, 0.1) is 12.1 Å². The Hall–Kier alpha value is -1.14. The Balaban J connectivity index is 1.97. The summed E-state index contributed by atoms with van der Waals surface area (Å²) in [6.07, 6.45) is 2.39. The molecule has 17 heavy (non-hydrogen) atoms. The van der Waals surface area contributed by atoms with Crippen LogP contribution in [0.5, 0.6) is 0 Å². The minimum Gasteiger partial charge on any atom is -0.406 e. The molecule has 0 amide bonds. The second-order valence-electron chi connectivity index (χ2n) is 4.36. The van der Waals surface area contributed by atoms with Crippen LogP contribution in [-0.2, 0) is 4.74 Å². The maximum Gasteiger partial charge on any atom is 0.318 e. The van der Waals surface area contributed by atoms with Gasteiger partial charge in [-0.15, -0.1) is 5.10 Å². The van der Waals surface area contributed by atoms with Crippen LogP contribution < -0.4 is 10.2 Å². The predicted molar refractivity (Wildman–Crippen MR) is 64.0 cm³/mol. The highest BCUT2D eigenvalue weighted by atomic mass is 16.5. The van der Waals surface area contributed by atoms with E-state index in [4.69, 9.17) is 9.15 Å². The van der Waals surface area contributed by atoms with Crippen LogP contribution in [0.2, 0.25) is 0 Å². The summed E-state index contributed by atoms with van der Waals surface area (Å²) in [5.74, 6) is 0.636. The van der Waals surface area contributed by atoms with Gasteiger partial charge >= 0.3 is 6.01 Å². The first-order valence-electron chi connectivity index (χ1n) is 6.03. The molecule has 1 atom stereocenters. The Morgan fingerprint density at radius 1 is 1.41 bits per heavy atom. The zero-order valence-corrected chi connectivity index (χ0v) is 10.6. The summed E-state index contributed by atoms with van der Waals surface area (Å²) < 4.78 is 11.0. The summed E-state index contributed by atoms with van der Waals surface area (Å²) in [5.41, 5.74) is 0. The Morgan fingerprint density at radius 3 is 2.71 bits per heavy atom. The maximum atomic E-state index is 5.65. The number of hydrogen-bond acceptors (Lipinski definition) is 6. The van der Waals surface area contributed by atoms with Gasteiger partial charge in [0, 0.05) is 20.2 Å². The highest BCUT2D eigenvalue weighted by molar-refractivity contribution is 5.25. The summed E-state index contributed by atoms with van der Waals surface area (Å²) >= 11 is 0. The highest BCUT2D eigenvalue weighted by Crippen LogP contribution is 2.21. The predicted octanol–water partition coefficient (Wildman–Crippen LogP) is 0.965. The number of ether oxygens (including phenoxy) is 1. The molecule has 6 nitrogen and oxygen atoms in total. The minimum atomic E-state index is 0.0905. The quantitative estimate of drug-likeness (QED) is 0.846. The lowest BCUT2D eigenvalue weighted by Crippen LogP contribution is -2.36. The molecule has 1 aromatic heterocycles. The number of rotatable bonds is 4. The molecular formula is C11H20N4O2. The first-order chi connectivity index (χ1) is 8.24. The van der Waals surface area contributed by atoms with Crippen molar-refractivity contribution in [3.05, 3.63) is 5.89 Å². The van der Waals surface area contributed by atoms with E-state index in [9.17, 15) is 0 Å². The van der Waals surface area contributed by atoms with Crippen molar-refractivity contribution in [2.75, 3.05) is 32.1 Å². The third-order valence-corrected chi connectivity index (χ3v) is 3.28. The maximum absolute atomic E-state index is 5.65. The van der Waals surface area contributed by atoms with Gasteiger partial charge in [0.25, 0.3) is 0 Å². The lowest BCUT2D eigenvalue weighted by molar-refractivity contribution is 0.0810. The average Bonchev–Trinajstić information content (AvgIpc) is 2.87. The zero-order valence-electron chi connectivity index (χ0n) is 10.6. The molecule has 0 saturated carbocycles. The molecule has 1 aromatic rings. The van der Waals surface area contributed by atoms with E-state index in [0.717, 1.165) is 25.9 Å². The van der Waals surface area contributed by atoms with E-state index in [1.807, 2.05) is 14.0 Å². The van der Waals surface area contributed by atoms with Crippen molar-refractivity contribution < 1.29 is 9.15 Å². The number of hydrogen-bond donors (Lipinski definition) is 1. The molecule has 0 spiro atoms. The fourth-order valence-electron chi connectivity index (χ4n) is 1.94. The molecule has 1 N–H and O–H groups in total. The van der Waals surface area contributed by atoms with Gasteiger partial charge in [-0.2, -0.15) is 0 Å². The van der Waals surface area contributed by atoms with Crippen LogP contribution in [-0.4, -0.2) is 43.5 Å². The summed E-state index contributed by atoms with van der Waals surface area (Å²) in [7, 11) is 3.64. The third-order valence-electron chi connectivity index (χ3n) is 3.28. The summed E-state index contributed by atoms with van der Waals surface area (Å²) in [5, 5.41) is 11.2. The molecule has 0 aliphatic carbocycles. The third kappa shape index (κ3) is 2.76. The van der Waals surface area contributed by atoms with Gasteiger partial charge in [0.2, 0.25) is 5.89 Å². The summed E-state index contributed by atoms with van der Waals surface area (Å²) in [6.45, 7) is 3.82. The summed E-state index contributed by atoms with van der Waals surface area (Å²) in [4.78, 5) is 2.12. The van der Waals surface area contributed by atoms with E-state index >= 15 is 0 Å². The van der Waals surface area contributed by atoms with Crippen LogP contribution in [0.15, 0.2) is 4.42 Å². The Bertz CT molecular complexity index is 347. The number of nitrogens with one attached hydrogen (secondary N) is 1. The molecule has 1 fully saturated rings. The molecule has 2 rings (SSSR count). The standard InChI is InChI=1S/C11H20N4O2/c1-8(12-2)10-13-14-11(17-10)15-6-4-9(16-3)5-7-15/h8-9,12H,4-7H2,1-3H3. The molecule has 1 aliphatic heterocycles. The van der Waals surface area contributed by atoms with E-state index in [2.05, 4.69) is 20.4 Å². The number of aromatic nitrogens is 2. The molecule has 6 heteroatoms. The van der Waals surface area contributed by atoms with Crippen molar-refractivity contribution in [1.29, 1.82) is 0 Å². The van der Waals surface area contributed by atoms with Gasteiger partial charge in [0.1, 0.15) is 0 Å². The van der Waals surface area contributed by atoms with Crippen LogP contribution >= 0.6 is 0 Å². The Kier molecular flexibility index (Phi) is 3.96. The van der Waals surface area contributed by atoms with Crippen LogP contribution in [0, 0.1) is 0 Å². The van der Waals surface area contributed by atoms with Crippen LogP contribution in [0.3, 0.4) is 0 Å². The number of piperidine rings is 1. The largest absolute Gasteiger partial charge is 0.406 e. The lowest BCUT2D eigenvalue weighted by atomic mass is 10.1. The average molecular weight is 240 g/mol. The molecule has 0 bridgehead atoms. The van der Waals surface area contributed by atoms with E-state index in [1.165, 1.54) is 0 Å². The van der Waals surface area contributed by atoms with Crippen molar-refractivity contribution >= 4 is 6.01 Å². The van der Waals surface area contributed by atoms with Gasteiger partial charge in [0.15, 0.2) is 0 Å². The van der Waals surface area contributed by atoms with Gasteiger partial charge < -0.3 is 19.4 Å². The van der Waals surface area contributed by atoms with Crippen LogP contribution in [0.1, 0.15) is 31.7 Å². The van der Waals surface area contributed by atoms with Crippen molar-refractivity contribution in [1.82, 2.24) is 15.5 Å². The fourth-order valence-corrected chi connectivity index (χ4v) is 1.94. The topological polar surface area (TPSA) is 63.4 Å². The molecule has 0 aromatic carbocycles. The first-order valence-corrected chi connectivity index (χ1v) is 6.03. The minimum absolute atomic E-state index is 0.0905. The SMILES string of the molecule is CNC(C)c1nnc(N2CCC(OC)CC2)o1. The van der Waals surface area contributed by atoms with Crippen LogP contribution in [0.25, 0.3) is 0 Å². The normalized spacial score (nSPS) is 19.6. The monoisotopic (exact) mass is 240 g/mol. The van der Waals surface area contributed by atoms with Gasteiger partial charge in [-0.05, 0) is 26.8 Å². The number of anilines is 1. The first kappa shape index (κ1) is 12.3. The molecular weight excluding hydrogens is 220 g/mol. The Morgan fingerprint density at radius 2 is 2.12 bits per heavy atom. The van der Waals surface area contributed by atoms with Crippen molar-refractivity contribution in [3.63, 3.8) is 0 Å². The fraction of sp³-hybridized carbons (Fsp3) is 0.818. The molecule has 1 saturated heterocycles. The van der Waals surface area contributed by atoms with E-state index in [1.54, 1.807) is 7.11 Å². The number of methoxy groups -OCH3 is 1.